The van der Waals surface area contributed by atoms with Gasteiger partial charge in [0.05, 0.1) is 0 Å². The Hall–Kier alpha value is -1.83. The second kappa shape index (κ2) is 4.13. The Kier molecular flexibility index (Phi) is 2.68. The van der Waals surface area contributed by atoms with Crippen LogP contribution in [0.2, 0.25) is 0 Å². The lowest BCUT2D eigenvalue weighted by atomic mass is 10.2. The van der Waals surface area contributed by atoms with Crippen LogP contribution in [0.4, 0.5) is 4.39 Å². The molecule has 0 saturated heterocycles. The summed E-state index contributed by atoms with van der Waals surface area (Å²) in [5, 5.41) is 0. The van der Waals surface area contributed by atoms with Crippen LogP contribution in [0.5, 0.6) is 11.5 Å². The number of hydrogen-bond donors (Lipinski definition) is 0. The summed E-state index contributed by atoms with van der Waals surface area (Å²) in [6.45, 7) is 3.80. The first kappa shape index (κ1) is 9.71. The molecule has 0 fully saturated rings. The van der Waals surface area contributed by atoms with Gasteiger partial charge in [-0.05, 0) is 48.9 Å². The molecule has 15 heavy (non-hydrogen) atoms. The summed E-state index contributed by atoms with van der Waals surface area (Å²) in [7, 11) is 0. The molecular weight excluding hydrogens is 191 g/mol. The number of hydrogen-bond acceptors (Lipinski definition) is 1. The summed E-state index contributed by atoms with van der Waals surface area (Å²) in [6, 6.07) is 13.3. The predicted octanol–water partition coefficient (Wildman–Crippen LogP) is 3.80. The van der Waals surface area contributed by atoms with E-state index in [2.05, 4.69) is 6.92 Å². The van der Waals surface area contributed by atoms with Crippen molar-refractivity contribution in [2.45, 2.75) is 0 Å². The lowest BCUT2D eigenvalue weighted by Gasteiger charge is -2.05. The third-order valence-corrected chi connectivity index (χ3v) is 1.95. The molecule has 2 heteroatoms. The lowest BCUT2D eigenvalue weighted by Crippen LogP contribution is -1.84. The van der Waals surface area contributed by atoms with Gasteiger partial charge in [-0.1, -0.05) is 12.1 Å². The topological polar surface area (TPSA) is 9.23 Å². The van der Waals surface area contributed by atoms with Crippen molar-refractivity contribution < 1.29 is 9.13 Å². The predicted molar refractivity (Wildman–Crippen MR) is 57.4 cm³/mol. The molecule has 0 N–H and O–H groups in total. The van der Waals surface area contributed by atoms with E-state index in [9.17, 15) is 4.39 Å². The molecule has 0 aliphatic carbocycles. The highest BCUT2D eigenvalue weighted by molar-refractivity contribution is 5.34. The molecule has 1 radical (unpaired) electrons. The Labute approximate surface area is 88.1 Å². The van der Waals surface area contributed by atoms with Crippen LogP contribution >= 0.6 is 0 Å². The molecule has 0 aliphatic rings. The minimum atomic E-state index is -0.270. The van der Waals surface area contributed by atoms with E-state index in [0.717, 1.165) is 5.56 Å². The van der Waals surface area contributed by atoms with Crippen molar-refractivity contribution in [1.29, 1.82) is 0 Å². The average Bonchev–Trinajstić information content (AvgIpc) is 2.22. The average molecular weight is 201 g/mol. The van der Waals surface area contributed by atoms with Gasteiger partial charge in [-0.15, -0.1) is 0 Å². The Balaban J connectivity index is 2.18. The fraction of sp³-hybridized carbons (Fsp3) is 0. The zero-order chi connectivity index (χ0) is 10.7. The number of halogens is 1. The Morgan fingerprint density at radius 1 is 0.933 bits per heavy atom. The van der Waals surface area contributed by atoms with Gasteiger partial charge >= 0.3 is 0 Å². The standard InChI is InChI=1S/C13H10FO/c1-10-3-2-4-13(9-10)15-12-7-5-11(14)6-8-12/h2-9H,1H2. The molecule has 0 amide bonds. The summed E-state index contributed by atoms with van der Waals surface area (Å²) < 4.78 is 18.1. The minimum absolute atomic E-state index is 0.270. The zero-order valence-electron chi connectivity index (χ0n) is 8.11. The third-order valence-electron chi connectivity index (χ3n) is 1.95. The first-order chi connectivity index (χ1) is 7.24. The quantitative estimate of drug-likeness (QED) is 0.718. The molecule has 75 valence electrons. The molecule has 0 aromatic heterocycles. The molecule has 0 atom stereocenters. The number of rotatable bonds is 2. The van der Waals surface area contributed by atoms with Gasteiger partial charge < -0.3 is 4.74 Å². The van der Waals surface area contributed by atoms with E-state index >= 15 is 0 Å². The van der Waals surface area contributed by atoms with E-state index in [4.69, 9.17) is 4.74 Å². The van der Waals surface area contributed by atoms with Crippen molar-refractivity contribution in [2.75, 3.05) is 0 Å². The molecule has 2 aromatic carbocycles. The van der Waals surface area contributed by atoms with Crippen molar-refractivity contribution in [1.82, 2.24) is 0 Å². The van der Waals surface area contributed by atoms with E-state index in [-0.39, 0.29) is 5.82 Å². The maximum atomic E-state index is 12.6. The van der Waals surface area contributed by atoms with E-state index in [0.29, 0.717) is 11.5 Å². The maximum Gasteiger partial charge on any atom is 0.127 e. The molecule has 0 heterocycles. The first-order valence-corrected chi connectivity index (χ1v) is 4.59. The summed E-state index contributed by atoms with van der Waals surface area (Å²) in [4.78, 5) is 0. The molecule has 0 unspecified atom stereocenters. The first-order valence-electron chi connectivity index (χ1n) is 4.59. The van der Waals surface area contributed by atoms with Gasteiger partial charge in [0.2, 0.25) is 0 Å². The van der Waals surface area contributed by atoms with Crippen molar-refractivity contribution in [2.24, 2.45) is 0 Å². The van der Waals surface area contributed by atoms with Crippen LogP contribution in [0.25, 0.3) is 0 Å². The fourth-order valence-corrected chi connectivity index (χ4v) is 1.25. The second-order valence-corrected chi connectivity index (χ2v) is 3.20. The van der Waals surface area contributed by atoms with Gasteiger partial charge in [-0.25, -0.2) is 4.39 Å². The molecule has 0 bridgehead atoms. The van der Waals surface area contributed by atoms with E-state index in [1.165, 1.54) is 12.1 Å². The van der Waals surface area contributed by atoms with Gasteiger partial charge in [0.15, 0.2) is 0 Å². The van der Waals surface area contributed by atoms with Crippen molar-refractivity contribution in [3.8, 4) is 11.5 Å². The summed E-state index contributed by atoms with van der Waals surface area (Å²) in [5.41, 5.74) is 0.884. The molecule has 0 saturated carbocycles. The highest BCUT2D eigenvalue weighted by atomic mass is 19.1. The number of ether oxygens (including phenoxy) is 1. The van der Waals surface area contributed by atoms with Crippen molar-refractivity contribution in [3.63, 3.8) is 0 Å². The smallest absolute Gasteiger partial charge is 0.127 e. The van der Waals surface area contributed by atoms with Gasteiger partial charge in [-0.2, -0.15) is 0 Å². The lowest BCUT2D eigenvalue weighted by molar-refractivity contribution is 0.480. The van der Waals surface area contributed by atoms with Crippen LogP contribution in [0.3, 0.4) is 0 Å². The van der Waals surface area contributed by atoms with Crippen LogP contribution in [0, 0.1) is 12.7 Å². The van der Waals surface area contributed by atoms with Crippen LogP contribution in [-0.4, -0.2) is 0 Å². The Morgan fingerprint density at radius 2 is 1.67 bits per heavy atom. The van der Waals surface area contributed by atoms with Crippen LogP contribution in [0.15, 0.2) is 48.5 Å². The van der Waals surface area contributed by atoms with Gasteiger partial charge in [0, 0.05) is 0 Å². The summed E-state index contributed by atoms with van der Waals surface area (Å²) in [6.07, 6.45) is 0. The second-order valence-electron chi connectivity index (χ2n) is 3.20. The minimum Gasteiger partial charge on any atom is -0.457 e. The molecular formula is C13H10FO. The van der Waals surface area contributed by atoms with Crippen LogP contribution in [0.1, 0.15) is 5.56 Å². The van der Waals surface area contributed by atoms with Crippen LogP contribution < -0.4 is 4.74 Å². The zero-order valence-corrected chi connectivity index (χ0v) is 8.11. The van der Waals surface area contributed by atoms with Gasteiger partial charge in [0.25, 0.3) is 0 Å². The van der Waals surface area contributed by atoms with Crippen molar-refractivity contribution >= 4 is 0 Å². The normalized spacial score (nSPS) is 10.0. The fourth-order valence-electron chi connectivity index (χ4n) is 1.25. The molecule has 2 aromatic rings. The van der Waals surface area contributed by atoms with Crippen molar-refractivity contribution in [3.05, 3.63) is 66.8 Å². The highest BCUT2D eigenvalue weighted by Crippen LogP contribution is 2.21. The molecule has 1 nitrogen and oxygen atoms in total. The maximum absolute atomic E-state index is 12.6. The summed E-state index contributed by atoms with van der Waals surface area (Å²) >= 11 is 0. The monoisotopic (exact) mass is 201 g/mol. The van der Waals surface area contributed by atoms with E-state index in [1.807, 2.05) is 24.3 Å². The molecule has 0 aliphatic heterocycles. The molecule has 0 spiro atoms. The van der Waals surface area contributed by atoms with Gasteiger partial charge in [0.1, 0.15) is 17.3 Å². The van der Waals surface area contributed by atoms with E-state index < -0.39 is 0 Å². The SMILES string of the molecule is [CH2]c1cccc(Oc2ccc(F)cc2)c1. The van der Waals surface area contributed by atoms with E-state index in [1.54, 1.807) is 12.1 Å². The van der Waals surface area contributed by atoms with Crippen LogP contribution in [-0.2, 0) is 0 Å². The highest BCUT2D eigenvalue weighted by Gasteiger charge is 1.97. The Bertz CT molecular complexity index is 448. The summed E-state index contributed by atoms with van der Waals surface area (Å²) in [5.74, 6) is 1.05. The third kappa shape index (κ3) is 2.56. The number of benzene rings is 2. The Morgan fingerprint density at radius 3 is 2.33 bits per heavy atom. The van der Waals surface area contributed by atoms with Gasteiger partial charge in [-0.3, -0.25) is 0 Å². The largest absolute Gasteiger partial charge is 0.457 e. The molecule has 2 rings (SSSR count).